The fourth-order valence-electron chi connectivity index (χ4n) is 4.05. The first kappa shape index (κ1) is 21.7. The smallest absolute Gasteiger partial charge is 0.131 e. The first-order chi connectivity index (χ1) is 16.6. The summed E-state index contributed by atoms with van der Waals surface area (Å²) in [5.74, 6) is -1.50. The van der Waals surface area contributed by atoms with E-state index in [-0.39, 0.29) is 12.4 Å². The molecule has 0 spiro atoms. The van der Waals surface area contributed by atoms with Crippen LogP contribution in [0.15, 0.2) is 102 Å². The maximum Gasteiger partial charge on any atom is 0.131 e. The predicted octanol–water partition coefficient (Wildman–Crippen LogP) is 7.39. The van der Waals surface area contributed by atoms with Crippen LogP contribution in [0.4, 0.5) is 13.2 Å². The van der Waals surface area contributed by atoms with E-state index in [1.165, 1.54) is 29.8 Å². The molecule has 0 saturated heterocycles. The number of nitrogens with zero attached hydrogens (tertiary/aromatic N) is 2. The van der Waals surface area contributed by atoms with E-state index >= 15 is 0 Å². The van der Waals surface area contributed by atoms with E-state index in [2.05, 4.69) is 27.8 Å². The predicted molar refractivity (Wildman–Crippen MR) is 131 cm³/mol. The average molecular weight is 454 g/mol. The van der Waals surface area contributed by atoms with Crippen molar-refractivity contribution in [2.45, 2.75) is 13.1 Å². The lowest BCUT2D eigenvalue weighted by molar-refractivity contribution is 0.573. The Morgan fingerprint density at radius 1 is 0.735 bits per heavy atom. The van der Waals surface area contributed by atoms with Gasteiger partial charge in [-0.15, -0.1) is 0 Å². The van der Waals surface area contributed by atoms with Gasteiger partial charge >= 0.3 is 0 Å². The normalized spacial score (nSPS) is 11.5. The molecule has 0 unspecified atom stereocenters. The van der Waals surface area contributed by atoms with Crippen LogP contribution in [0.2, 0.25) is 0 Å². The van der Waals surface area contributed by atoms with Crippen LogP contribution < -0.4 is 0 Å². The van der Waals surface area contributed by atoms with Crippen LogP contribution >= 0.6 is 0 Å². The molecule has 2 nitrogen and oxygen atoms in total. The Morgan fingerprint density at radius 2 is 1.47 bits per heavy atom. The summed E-state index contributed by atoms with van der Waals surface area (Å²) in [6.07, 6.45) is 3.75. The van der Waals surface area contributed by atoms with E-state index in [1.807, 2.05) is 36.5 Å². The number of halogens is 3. The van der Waals surface area contributed by atoms with Gasteiger partial charge in [-0.3, -0.25) is 4.99 Å². The monoisotopic (exact) mass is 454 g/mol. The van der Waals surface area contributed by atoms with Gasteiger partial charge in [-0.05, 0) is 47.0 Å². The van der Waals surface area contributed by atoms with Gasteiger partial charge in [-0.2, -0.15) is 0 Å². The molecule has 34 heavy (non-hydrogen) atoms. The molecular weight excluding hydrogens is 433 g/mol. The second kappa shape index (κ2) is 9.40. The van der Waals surface area contributed by atoms with Gasteiger partial charge < -0.3 is 4.57 Å². The second-order valence-corrected chi connectivity index (χ2v) is 8.14. The lowest BCUT2D eigenvalue weighted by Crippen LogP contribution is -1.97. The number of rotatable bonds is 6. The molecule has 1 heterocycles. The Balaban J connectivity index is 1.53. The van der Waals surface area contributed by atoms with Crippen LogP contribution in [0.25, 0.3) is 22.0 Å². The maximum atomic E-state index is 14.0. The summed E-state index contributed by atoms with van der Waals surface area (Å²) >= 11 is 0. The van der Waals surface area contributed by atoms with E-state index in [1.54, 1.807) is 18.3 Å². The number of aromatic nitrogens is 1. The maximum absolute atomic E-state index is 14.0. The van der Waals surface area contributed by atoms with E-state index < -0.39 is 11.6 Å². The van der Waals surface area contributed by atoms with Crippen molar-refractivity contribution in [3.05, 3.63) is 131 Å². The third-order valence-electron chi connectivity index (χ3n) is 5.79. The first-order valence-electron chi connectivity index (χ1n) is 10.9. The van der Waals surface area contributed by atoms with Gasteiger partial charge in [-0.1, -0.05) is 54.6 Å². The zero-order valence-electron chi connectivity index (χ0n) is 18.3. The van der Waals surface area contributed by atoms with Crippen molar-refractivity contribution < 1.29 is 13.2 Å². The van der Waals surface area contributed by atoms with Crippen LogP contribution in [0.5, 0.6) is 0 Å². The Kier molecular flexibility index (Phi) is 6.00. The molecule has 5 rings (SSSR count). The minimum atomic E-state index is -0.609. The summed E-state index contributed by atoms with van der Waals surface area (Å²) in [5, 5.41) is 0.987. The highest BCUT2D eigenvalue weighted by molar-refractivity contribution is 6.01. The lowest BCUT2D eigenvalue weighted by Gasteiger charge is -2.07. The van der Waals surface area contributed by atoms with Crippen molar-refractivity contribution in [1.82, 2.24) is 4.57 Å². The van der Waals surface area contributed by atoms with Crippen LogP contribution in [-0.2, 0) is 13.1 Å². The molecule has 0 amide bonds. The summed E-state index contributed by atoms with van der Waals surface area (Å²) in [4.78, 5) is 4.44. The van der Waals surface area contributed by atoms with E-state index in [4.69, 9.17) is 0 Å². The largest absolute Gasteiger partial charge is 0.342 e. The SMILES string of the molecule is Fc1ccc(-c2ccc3c(c2)c(C=NCc2ccc(F)cc2F)cn3Cc2ccccc2)cc1. The third-order valence-corrected chi connectivity index (χ3v) is 5.79. The molecule has 0 aliphatic rings. The van der Waals surface area contributed by atoms with Crippen molar-refractivity contribution >= 4 is 17.1 Å². The molecule has 4 aromatic carbocycles. The van der Waals surface area contributed by atoms with Crippen LogP contribution in [-0.4, -0.2) is 10.8 Å². The molecule has 1 aromatic heterocycles. The van der Waals surface area contributed by atoms with Gasteiger partial charge in [0.15, 0.2) is 0 Å². The van der Waals surface area contributed by atoms with Crippen molar-refractivity contribution in [3.8, 4) is 11.1 Å². The van der Waals surface area contributed by atoms with Gasteiger partial charge in [0.25, 0.3) is 0 Å². The van der Waals surface area contributed by atoms with Gasteiger partial charge in [0.1, 0.15) is 17.5 Å². The minimum absolute atomic E-state index is 0.106. The minimum Gasteiger partial charge on any atom is -0.342 e. The van der Waals surface area contributed by atoms with Crippen molar-refractivity contribution in [2.24, 2.45) is 4.99 Å². The molecule has 0 atom stereocenters. The number of hydrogen-bond acceptors (Lipinski definition) is 1. The molecule has 0 aliphatic heterocycles. The Morgan fingerprint density at radius 3 is 2.24 bits per heavy atom. The van der Waals surface area contributed by atoms with E-state index in [0.717, 1.165) is 33.7 Å². The highest BCUT2D eigenvalue weighted by Gasteiger charge is 2.10. The van der Waals surface area contributed by atoms with Gasteiger partial charge in [0.2, 0.25) is 0 Å². The standard InChI is InChI=1S/C29H21F3N2/c30-25-10-6-21(7-11-25)22-9-13-29-27(14-22)24(19-34(29)18-20-4-2-1-3-5-20)17-33-16-23-8-12-26(31)15-28(23)32/h1-15,17,19H,16,18H2. The van der Waals surface area contributed by atoms with Crippen molar-refractivity contribution in [1.29, 1.82) is 0 Å². The third kappa shape index (κ3) is 4.64. The fourth-order valence-corrected chi connectivity index (χ4v) is 4.05. The molecule has 5 heteroatoms. The fraction of sp³-hybridized carbons (Fsp3) is 0.0690. The van der Waals surface area contributed by atoms with E-state index in [0.29, 0.717) is 12.1 Å². The molecule has 0 aliphatic carbocycles. The Bertz CT molecular complexity index is 1470. The van der Waals surface area contributed by atoms with Gasteiger partial charge in [-0.25, -0.2) is 13.2 Å². The zero-order chi connectivity index (χ0) is 23.5. The van der Waals surface area contributed by atoms with Crippen LogP contribution in [0, 0.1) is 17.5 Å². The molecular formula is C29H21F3N2. The number of aliphatic imine (C=N–C) groups is 1. The molecule has 0 N–H and O–H groups in total. The molecule has 0 saturated carbocycles. The molecule has 0 radical (unpaired) electrons. The molecule has 0 fully saturated rings. The summed E-state index contributed by atoms with van der Waals surface area (Å²) in [6, 6.07) is 26.2. The lowest BCUT2D eigenvalue weighted by atomic mass is 10.0. The first-order valence-corrected chi connectivity index (χ1v) is 10.9. The molecule has 5 aromatic rings. The quantitative estimate of drug-likeness (QED) is 0.238. The van der Waals surface area contributed by atoms with Crippen LogP contribution in [0.1, 0.15) is 16.7 Å². The van der Waals surface area contributed by atoms with Crippen molar-refractivity contribution in [2.75, 3.05) is 0 Å². The second-order valence-electron chi connectivity index (χ2n) is 8.14. The summed E-state index contributed by atoms with van der Waals surface area (Å²) in [7, 11) is 0. The van der Waals surface area contributed by atoms with Crippen LogP contribution in [0.3, 0.4) is 0 Å². The highest BCUT2D eigenvalue weighted by atomic mass is 19.1. The Hall–Kier alpha value is -4.12. The van der Waals surface area contributed by atoms with Gasteiger partial charge in [0.05, 0.1) is 6.54 Å². The topological polar surface area (TPSA) is 17.3 Å². The molecule has 168 valence electrons. The Labute approximate surface area is 195 Å². The zero-order valence-corrected chi connectivity index (χ0v) is 18.3. The number of hydrogen-bond donors (Lipinski definition) is 0. The summed E-state index contributed by atoms with van der Waals surface area (Å²) < 4.78 is 42.7. The number of fused-ring (bicyclic) bond motifs is 1. The van der Waals surface area contributed by atoms with Crippen molar-refractivity contribution in [3.63, 3.8) is 0 Å². The summed E-state index contributed by atoms with van der Waals surface area (Å²) in [5.41, 5.74) is 5.29. The van der Waals surface area contributed by atoms with Gasteiger partial charge in [0, 0.05) is 47.1 Å². The average Bonchev–Trinajstić information content (AvgIpc) is 3.18. The molecule has 0 bridgehead atoms. The van der Waals surface area contributed by atoms with E-state index in [9.17, 15) is 13.2 Å². The summed E-state index contributed by atoms with van der Waals surface area (Å²) in [6.45, 7) is 0.794. The highest BCUT2D eigenvalue weighted by Crippen LogP contribution is 2.28. The number of benzene rings is 4.